The van der Waals surface area contributed by atoms with Crippen molar-refractivity contribution in [1.29, 1.82) is 0 Å². The van der Waals surface area contributed by atoms with Gasteiger partial charge in [-0.25, -0.2) is 4.99 Å². The minimum atomic E-state index is -0.183. The van der Waals surface area contributed by atoms with Gasteiger partial charge in [-0.15, -0.1) is 0 Å². The highest BCUT2D eigenvalue weighted by Gasteiger charge is 2.05. The fourth-order valence-corrected chi connectivity index (χ4v) is 1.61. The maximum absolute atomic E-state index is 12.0. The number of aliphatic imine (C=N–C) groups is 1. The van der Waals surface area contributed by atoms with Crippen molar-refractivity contribution in [3.05, 3.63) is 59.7 Å². The minimum absolute atomic E-state index is 0.183. The van der Waals surface area contributed by atoms with Gasteiger partial charge in [0.05, 0.1) is 0 Å². The molecule has 0 saturated heterocycles. The van der Waals surface area contributed by atoms with Gasteiger partial charge >= 0.3 is 0 Å². The average molecular weight is 255 g/mol. The zero-order valence-corrected chi connectivity index (χ0v) is 11.9. The maximum atomic E-state index is 12.0. The van der Waals surface area contributed by atoms with Crippen LogP contribution >= 0.6 is 0 Å². The Hall–Kier alpha value is -1.96. The summed E-state index contributed by atoms with van der Waals surface area (Å²) in [5.74, 6) is -0.183. The monoisotopic (exact) mass is 255 g/mol. The van der Waals surface area contributed by atoms with Crippen molar-refractivity contribution in [3.8, 4) is 0 Å². The van der Waals surface area contributed by atoms with E-state index in [9.17, 15) is 4.79 Å². The van der Waals surface area contributed by atoms with Gasteiger partial charge in [0.25, 0.3) is 5.91 Å². The van der Waals surface area contributed by atoms with Crippen molar-refractivity contribution >= 4 is 11.6 Å². The van der Waals surface area contributed by atoms with Crippen LogP contribution in [0.3, 0.4) is 0 Å². The van der Waals surface area contributed by atoms with Gasteiger partial charge in [-0.3, -0.25) is 4.79 Å². The second kappa shape index (κ2) is 8.20. The highest BCUT2D eigenvalue weighted by atomic mass is 16.1. The molecule has 0 fully saturated rings. The Morgan fingerprint density at radius 2 is 2.00 bits per heavy atom. The predicted molar refractivity (Wildman–Crippen MR) is 81.8 cm³/mol. The molecule has 0 aliphatic heterocycles. The number of carbonyl (C=O) groups excluding carboxylic acids is 1. The maximum Gasteiger partial charge on any atom is 0.277 e. The highest BCUT2D eigenvalue weighted by Crippen LogP contribution is 2.08. The predicted octanol–water partition coefficient (Wildman–Crippen LogP) is 4.51. The summed E-state index contributed by atoms with van der Waals surface area (Å²) in [5.41, 5.74) is 2.34. The van der Waals surface area contributed by atoms with Crippen LogP contribution in [-0.4, -0.2) is 11.6 Å². The molecule has 0 spiro atoms. The fraction of sp³-hybridized carbons (Fsp3) is 0.294. The van der Waals surface area contributed by atoms with Crippen LogP contribution < -0.4 is 0 Å². The van der Waals surface area contributed by atoms with Crippen LogP contribution in [0.4, 0.5) is 0 Å². The van der Waals surface area contributed by atoms with Gasteiger partial charge in [0, 0.05) is 11.3 Å². The number of unbranched alkanes of at least 4 members (excludes halogenated alkanes) is 1. The van der Waals surface area contributed by atoms with E-state index in [1.165, 1.54) is 0 Å². The molecule has 0 saturated carbocycles. The molecule has 2 nitrogen and oxygen atoms in total. The Morgan fingerprint density at radius 1 is 1.26 bits per heavy atom. The van der Waals surface area contributed by atoms with Crippen LogP contribution in [0.2, 0.25) is 0 Å². The van der Waals surface area contributed by atoms with Crippen LogP contribution in [0.1, 0.15) is 42.6 Å². The largest absolute Gasteiger partial charge is 0.277 e. The van der Waals surface area contributed by atoms with Gasteiger partial charge in [-0.2, -0.15) is 0 Å². The number of carbonyl (C=O) groups is 1. The molecule has 100 valence electrons. The summed E-state index contributed by atoms with van der Waals surface area (Å²) >= 11 is 0. The van der Waals surface area contributed by atoms with Crippen molar-refractivity contribution in [2.45, 2.75) is 33.6 Å². The molecule has 0 N–H and O–H groups in total. The zero-order chi connectivity index (χ0) is 14.1. The first-order chi connectivity index (χ1) is 9.15. The van der Waals surface area contributed by atoms with E-state index >= 15 is 0 Å². The Morgan fingerprint density at radius 3 is 2.68 bits per heavy atom. The van der Waals surface area contributed by atoms with E-state index in [1.54, 1.807) is 6.07 Å². The summed E-state index contributed by atoms with van der Waals surface area (Å²) in [7, 11) is 0. The van der Waals surface area contributed by atoms with Crippen LogP contribution in [-0.2, 0) is 0 Å². The van der Waals surface area contributed by atoms with Gasteiger partial charge in [0.15, 0.2) is 0 Å². The Labute approximate surface area is 115 Å². The van der Waals surface area contributed by atoms with E-state index in [1.807, 2.05) is 50.3 Å². The minimum Gasteiger partial charge on any atom is -0.267 e. The highest BCUT2D eigenvalue weighted by molar-refractivity contribution is 6.07. The summed E-state index contributed by atoms with van der Waals surface area (Å²) in [6, 6.07) is 7.50. The van der Waals surface area contributed by atoms with Gasteiger partial charge in [0.2, 0.25) is 0 Å². The van der Waals surface area contributed by atoms with Crippen LogP contribution in [0, 0.1) is 6.92 Å². The third kappa shape index (κ3) is 5.47. The third-order valence-corrected chi connectivity index (χ3v) is 2.69. The SMILES string of the molecule is CCC\C=C/C=C\C(C)=N\C(=O)c1ccccc1C. The number of hydrogen-bond donors (Lipinski definition) is 0. The van der Waals surface area contributed by atoms with Crippen molar-refractivity contribution in [3.63, 3.8) is 0 Å². The molecule has 0 aliphatic carbocycles. The lowest BCUT2D eigenvalue weighted by Gasteiger charge is -2.00. The number of aryl methyl sites for hydroxylation is 1. The summed E-state index contributed by atoms with van der Waals surface area (Å²) < 4.78 is 0. The standard InChI is InChI=1S/C17H21NO/c1-4-5-6-7-8-12-15(3)18-17(19)16-13-10-9-11-14(16)2/h6-13H,4-5H2,1-3H3/b7-6-,12-8-,18-15+. The third-order valence-electron chi connectivity index (χ3n) is 2.69. The van der Waals surface area contributed by atoms with E-state index in [0.29, 0.717) is 5.56 Å². The Kier molecular flexibility index (Phi) is 6.51. The van der Waals surface area contributed by atoms with Gasteiger partial charge in [-0.05, 0) is 38.0 Å². The molecule has 0 unspecified atom stereocenters. The number of rotatable bonds is 5. The van der Waals surface area contributed by atoms with E-state index in [-0.39, 0.29) is 5.91 Å². The average Bonchev–Trinajstić information content (AvgIpc) is 2.39. The molecule has 0 radical (unpaired) electrons. The first-order valence-corrected chi connectivity index (χ1v) is 6.63. The summed E-state index contributed by atoms with van der Waals surface area (Å²) in [6.07, 6.45) is 10.1. The quantitative estimate of drug-likeness (QED) is 0.562. The van der Waals surface area contributed by atoms with Crippen LogP contribution in [0.5, 0.6) is 0 Å². The molecule has 0 aliphatic rings. The number of hydrogen-bond acceptors (Lipinski definition) is 1. The molecule has 0 atom stereocenters. The van der Waals surface area contributed by atoms with Gasteiger partial charge in [-0.1, -0.05) is 49.8 Å². The molecule has 0 heterocycles. The smallest absolute Gasteiger partial charge is 0.267 e. The molecule has 1 aromatic rings. The van der Waals surface area contributed by atoms with Crippen LogP contribution in [0.15, 0.2) is 53.6 Å². The van der Waals surface area contributed by atoms with Gasteiger partial charge < -0.3 is 0 Å². The van der Waals surface area contributed by atoms with Crippen molar-refractivity contribution in [1.82, 2.24) is 0 Å². The van der Waals surface area contributed by atoms with E-state index in [0.717, 1.165) is 24.1 Å². The molecule has 2 heteroatoms. The number of benzene rings is 1. The number of amides is 1. The molecular weight excluding hydrogens is 234 g/mol. The Bertz CT molecular complexity index is 510. The summed E-state index contributed by atoms with van der Waals surface area (Å²) in [5, 5.41) is 0. The Balaban J connectivity index is 2.69. The lowest BCUT2D eigenvalue weighted by molar-refractivity contribution is 0.100. The van der Waals surface area contributed by atoms with Gasteiger partial charge in [0.1, 0.15) is 0 Å². The summed E-state index contributed by atoms with van der Waals surface area (Å²) in [4.78, 5) is 16.1. The first kappa shape index (κ1) is 15.1. The van der Waals surface area contributed by atoms with Crippen LogP contribution in [0.25, 0.3) is 0 Å². The molecule has 1 amide bonds. The molecule has 1 rings (SSSR count). The van der Waals surface area contributed by atoms with E-state index in [4.69, 9.17) is 0 Å². The second-order valence-electron chi connectivity index (χ2n) is 4.45. The van der Waals surface area contributed by atoms with Crippen molar-refractivity contribution in [2.24, 2.45) is 4.99 Å². The number of nitrogens with zero attached hydrogens (tertiary/aromatic N) is 1. The molecule has 19 heavy (non-hydrogen) atoms. The topological polar surface area (TPSA) is 29.4 Å². The summed E-state index contributed by atoms with van der Waals surface area (Å²) in [6.45, 7) is 5.89. The number of allylic oxidation sites excluding steroid dienone is 4. The normalized spacial score (nSPS) is 12.5. The van der Waals surface area contributed by atoms with Crippen molar-refractivity contribution < 1.29 is 4.79 Å². The molecule has 1 aromatic carbocycles. The molecule has 0 bridgehead atoms. The second-order valence-corrected chi connectivity index (χ2v) is 4.45. The van der Waals surface area contributed by atoms with Crippen molar-refractivity contribution in [2.75, 3.05) is 0 Å². The molecule has 0 aromatic heterocycles. The van der Waals surface area contributed by atoms with E-state index < -0.39 is 0 Å². The molecular formula is C17H21NO. The fourth-order valence-electron chi connectivity index (χ4n) is 1.61. The lowest BCUT2D eigenvalue weighted by atomic mass is 10.1. The van der Waals surface area contributed by atoms with E-state index in [2.05, 4.69) is 18.0 Å². The lowest BCUT2D eigenvalue weighted by Crippen LogP contribution is -2.00. The zero-order valence-electron chi connectivity index (χ0n) is 11.9. The first-order valence-electron chi connectivity index (χ1n) is 6.63.